The molecule has 4 nitrogen and oxygen atoms in total. The SMILES string of the molecule is O=C(O)[C@@H](SC(=S)c1ccc(C(=S)S[C@H](C(=O)O)c2ccccc2)cc1)c1ccccc1. The van der Waals surface area contributed by atoms with Crippen LogP contribution in [0.2, 0.25) is 0 Å². The molecule has 0 radical (unpaired) electrons. The Morgan fingerprint density at radius 2 is 0.906 bits per heavy atom. The molecule has 0 bridgehead atoms. The first-order valence-electron chi connectivity index (χ1n) is 9.44. The summed E-state index contributed by atoms with van der Waals surface area (Å²) in [6, 6.07) is 25.0. The summed E-state index contributed by atoms with van der Waals surface area (Å²) in [5.41, 5.74) is 2.76. The molecule has 0 aliphatic heterocycles. The van der Waals surface area contributed by atoms with Crippen molar-refractivity contribution in [2.24, 2.45) is 0 Å². The van der Waals surface area contributed by atoms with Gasteiger partial charge in [0.25, 0.3) is 0 Å². The maximum absolute atomic E-state index is 11.7. The minimum absolute atomic E-state index is 0.457. The van der Waals surface area contributed by atoms with Crippen molar-refractivity contribution in [1.29, 1.82) is 0 Å². The second-order valence-corrected chi connectivity index (χ2v) is 10.2. The van der Waals surface area contributed by atoms with Gasteiger partial charge in [-0.25, -0.2) is 0 Å². The summed E-state index contributed by atoms with van der Waals surface area (Å²) in [5, 5.41) is 17.6. The number of hydrogen-bond donors (Lipinski definition) is 2. The van der Waals surface area contributed by atoms with Crippen LogP contribution in [0, 0.1) is 0 Å². The Morgan fingerprint density at radius 3 is 1.19 bits per heavy atom. The van der Waals surface area contributed by atoms with Crippen molar-refractivity contribution in [3.8, 4) is 0 Å². The average molecular weight is 499 g/mol. The van der Waals surface area contributed by atoms with Gasteiger partial charge in [0.15, 0.2) is 0 Å². The fourth-order valence-corrected chi connectivity index (χ4v) is 5.48. The van der Waals surface area contributed by atoms with Crippen LogP contribution in [0.25, 0.3) is 0 Å². The molecule has 8 heteroatoms. The Hall–Kier alpha value is -2.52. The van der Waals surface area contributed by atoms with Gasteiger partial charge in [-0.15, -0.1) is 0 Å². The first kappa shape index (κ1) is 24.1. The lowest BCUT2D eigenvalue weighted by atomic mass is 10.1. The van der Waals surface area contributed by atoms with Crippen LogP contribution in [0.1, 0.15) is 32.8 Å². The van der Waals surface area contributed by atoms with Gasteiger partial charge in [-0.1, -0.05) is 133 Å². The molecule has 0 spiro atoms. The van der Waals surface area contributed by atoms with E-state index in [9.17, 15) is 19.8 Å². The summed E-state index contributed by atoms with van der Waals surface area (Å²) in [5.74, 6) is -1.92. The molecule has 2 N–H and O–H groups in total. The summed E-state index contributed by atoms with van der Waals surface area (Å²) >= 11 is 13.2. The van der Waals surface area contributed by atoms with Gasteiger partial charge in [-0.05, 0) is 22.3 Å². The number of carboxylic acids is 2. The summed E-state index contributed by atoms with van der Waals surface area (Å²) in [7, 11) is 0. The molecule has 0 fully saturated rings. The van der Waals surface area contributed by atoms with E-state index in [2.05, 4.69) is 0 Å². The van der Waals surface area contributed by atoms with Gasteiger partial charge in [0.2, 0.25) is 0 Å². The van der Waals surface area contributed by atoms with Crippen molar-refractivity contribution in [2.75, 3.05) is 0 Å². The van der Waals surface area contributed by atoms with Crippen molar-refractivity contribution in [1.82, 2.24) is 0 Å². The normalized spacial score (nSPS) is 12.5. The van der Waals surface area contributed by atoms with E-state index in [1.807, 2.05) is 12.1 Å². The minimum Gasteiger partial charge on any atom is -0.480 e. The zero-order valence-electron chi connectivity index (χ0n) is 16.6. The lowest BCUT2D eigenvalue weighted by Crippen LogP contribution is -2.11. The zero-order valence-corrected chi connectivity index (χ0v) is 19.8. The van der Waals surface area contributed by atoms with Crippen LogP contribution >= 0.6 is 48.0 Å². The molecule has 0 aliphatic carbocycles. The van der Waals surface area contributed by atoms with Gasteiger partial charge in [-0.2, -0.15) is 0 Å². The van der Waals surface area contributed by atoms with Crippen molar-refractivity contribution in [3.63, 3.8) is 0 Å². The number of thioether (sulfide) groups is 2. The van der Waals surface area contributed by atoms with Crippen molar-refractivity contribution in [2.45, 2.75) is 10.5 Å². The topological polar surface area (TPSA) is 74.6 Å². The van der Waals surface area contributed by atoms with E-state index in [1.54, 1.807) is 72.8 Å². The van der Waals surface area contributed by atoms with E-state index in [0.717, 1.165) is 23.5 Å². The molecule has 3 rings (SSSR count). The predicted octanol–water partition coefficient (Wildman–Crippen LogP) is 6.16. The van der Waals surface area contributed by atoms with Crippen LogP contribution in [0.4, 0.5) is 0 Å². The van der Waals surface area contributed by atoms with E-state index in [0.29, 0.717) is 30.6 Å². The van der Waals surface area contributed by atoms with Gasteiger partial charge in [0.05, 0.1) is 8.39 Å². The molecule has 2 atom stereocenters. The molecule has 0 saturated carbocycles. The van der Waals surface area contributed by atoms with E-state index in [-0.39, 0.29) is 0 Å². The summed E-state index contributed by atoms with van der Waals surface area (Å²) in [4.78, 5) is 23.5. The standard InChI is InChI=1S/C24H18O4S4/c25-21(26)19(15-7-3-1-4-8-15)31-23(29)17-11-13-18(14-12-17)24(30)32-20(22(27)28)16-9-5-2-6-10-16/h1-14,19-20H,(H,25,26)(H,27,28)/t19-,20-/m0/s1. The van der Waals surface area contributed by atoms with Crippen LogP contribution in [0.5, 0.6) is 0 Å². The third-order valence-electron chi connectivity index (χ3n) is 4.46. The Morgan fingerprint density at radius 1 is 0.594 bits per heavy atom. The van der Waals surface area contributed by atoms with Gasteiger partial charge in [0, 0.05) is 0 Å². The number of rotatable bonds is 8. The molecule has 3 aromatic carbocycles. The highest BCUT2D eigenvalue weighted by Gasteiger charge is 2.24. The Labute approximate surface area is 205 Å². The van der Waals surface area contributed by atoms with Gasteiger partial charge >= 0.3 is 11.9 Å². The molecular weight excluding hydrogens is 481 g/mol. The molecule has 0 unspecified atom stereocenters. The van der Waals surface area contributed by atoms with Crippen LogP contribution < -0.4 is 0 Å². The molecule has 0 saturated heterocycles. The third-order valence-corrected chi connectivity index (χ3v) is 7.83. The molecule has 3 aromatic rings. The fraction of sp³-hybridized carbons (Fsp3) is 0.0833. The summed E-state index contributed by atoms with van der Waals surface area (Å²) < 4.78 is 0.915. The predicted molar refractivity (Wildman–Crippen MR) is 139 cm³/mol. The Kier molecular flexibility index (Phi) is 8.58. The van der Waals surface area contributed by atoms with Crippen molar-refractivity contribution >= 4 is 68.3 Å². The lowest BCUT2D eigenvalue weighted by Gasteiger charge is -2.15. The number of aliphatic carboxylic acids is 2. The molecular formula is C24H18O4S4. The Balaban J connectivity index is 1.71. The maximum Gasteiger partial charge on any atom is 0.321 e. The minimum atomic E-state index is -0.960. The highest BCUT2D eigenvalue weighted by molar-refractivity contribution is 8.24. The molecule has 0 heterocycles. The summed E-state index contributed by atoms with van der Waals surface area (Å²) in [6.45, 7) is 0. The van der Waals surface area contributed by atoms with E-state index < -0.39 is 22.4 Å². The van der Waals surface area contributed by atoms with Crippen molar-refractivity contribution in [3.05, 3.63) is 107 Å². The number of carboxylic acid groups (broad SMARTS) is 2. The van der Waals surface area contributed by atoms with Crippen LogP contribution in [0.15, 0.2) is 84.9 Å². The molecule has 0 amide bonds. The smallest absolute Gasteiger partial charge is 0.321 e. The molecule has 32 heavy (non-hydrogen) atoms. The van der Waals surface area contributed by atoms with Crippen LogP contribution in [-0.4, -0.2) is 30.5 Å². The second kappa shape index (κ2) is 11.4. The first-order chi connectivity index (χ1) is 15.4. The average Bonchev–Trinajstić information content (AvgIpc) is 2.81. The molecule has 0 aliphatic rings. The maximum atomic E-state index is 11.7. The number of benzene rings is 3. The fourth-order valence-electron chi connectivity index (χ4n) is 2.87. The first-order valence-corrected chi connectivity index (χ1v) is 12.0. The quantitative estimate of drug-likeness (QED) is 0.358. The van der Waals surface area contributed by atoms with Gasteiger partial charge in [0.1, 0.15) is 10.5 Å². The number of hydrogen-bond acceptors (Lipinski definition) is 6. The van der Waals surface area contributed by atoms with Crippen molar-refractivity contribution < 1.29 is 19.8 Å². The molecule has 0 aromatic heterocycles. The largest absolute Gasteiger partial charge is 0.480 e. The van der Waals surface area contributed by atoms with Gasteiger partial charge < -0.3 is 10.2 Å². The highest BCUT2D eigenvalue weighted by atomic mass is 32.2. The molecule has 162 valence electrons. The highest BCUT2D eigenvalue weighted by Crippen LogP contribution is 2.34. The van der Waals surface area contributed by atoms with Gasteiger partial charge in [-0.3, -0.25) is 9.59 Å². The van der Waals surface area contributed by atoms with E-state index in [1.165, 1.54) is 0 Å². The monoisotopic (exact) mass is 498 g/mol. The summed E-state index contributed by atoms with van der Waals surface area (Å²) in [6.07, 6.45) is 0. The van der Waals surface area contributed by atoms with Crippen LogP contribution in [0.3, 0.4) is 0 Å². The number of thiocarbonyl (C=S) groups is 2. The van der Waals surface area contributed by atoms with Crippen LogP contribution in [-0.2, 0) is 9.59 Å². The lowest BCUT2D eigenvalue weighted by molar-refractivity contribution is -0.137. The van der Waals surface area contributed by atoms with E-state index >= 15 is 0 Å². The van der Waals surface area contributed by atoms with E-state index in [4.69, 9.17) is 24.4 Å². The second-order valence-electron chi connectivity index (χ2n) is 6.65. The zero-order chi connectivity index (χ0) is 23.1. The Bertz CT molecular complexity index is 1030. The third kappa shape index (κ3) is 6.26. The number of carbonyl (C=O) groups is 2.